The summed E-state index contributed by atoms with van der Waals surface area (Å²) in [7, 11) is -4.73. The van der Waals surface area contributed by atoms with Gasteiger partial charge >= 0.3 is 16.4 Å². The molecule has 4 rings (SSSR count). The van der Waals surface area contributed by atoms with E-state index < -0.39 is 22.5 Å². The molecule has 0 radical (unpaired) electrons. The smallest absolute Gasteiger partial charge is 0.361 e. The van der Waals surface area contributed by atoms with Crippen LogP contribution in [0, 0.1) is 5.92 Å². The van der Waals surface area contributed by atoms with Crippen molar-refractivity contribution >= 4 is 16.4 Å². The second-order valence-corrected chi connectivity index (χ2v) is 8.07. The van der Waals surface area contributed by atoms with E-state index in [1.165, 1.54) is 24.2 Å². The Bertz CT molecular complexity index is 759. The molecule has 0 unspecified atom stereocenters. The van der Waals surface area contributed by atoms with Crippen molar-refractivity contribution in [3.63, 3.8) is 0 Å². The average Bonchev–Trinajstić information content (AvgIpc) is 3.05. The standard InChI is InChI=1S/C15H21N3O6S/c19-15-17-9-11(18(15)24-25(20,21)22)5-7-14(17)13-8-12(23-16-13)6-4-10-2-1-3-10/h8,10-11,14H,1-7,9H2,(H,20,21,22)/t11-,14+/m1/s1. The van der Waals surface area contributed by atoms with Crippen molar-refractivity contribution in [2.45, 2.75) is 57.0 Å². The molecule has 3 fully saturated rings. The molecule has 1 N–H and O–H groups in total. The molecule has 9 nitrogen and oxygen atoms in total. The van der Waals surface area contributed by atoms with Gasteiger partial charge in [-0.25, -0.2) is 4.79 Å². The van der Waals surface area contributed by atoms with Crippen molar-refractivity contribution in [2.24, 2.45) is 5.92 Å². The van der Waals surface area contributed by atoms with Gasteiger partial charge in [0.15, 0.2) is 0 Å². The normalized spacial score (nSPS) is 27.0. The van der Waals surface area contributed by atoms with E-state index in [1.807, 2.05) is 6.07 Å². The minimum Gasteiger partial charge on any atom is -0.361 e. The van der Waals surface area contributed by atoms with Gasteiger partial charge in [0.1, 0.15) is 11.5 Å². The van der Waals surface area contributed by atoms with E-state index in [-0.39, 0.29) is 6.04 Å². The minimum absolute atomic E-state index is 0.264. The highest BCUT2D eigenvalue weighted by Gasteiger charge is 2.48. The third kappa shape index (κ3) is 3.38. The first-order chi connectivity index (χ1) is 11.9. The lowest BCUT2D eigenvalue weighted by atomic mass is 9.82. The first-order valence-corrected chi connectivity index (χ1v) is 9.99. The van der Waals surface area contributed by atoms with E-state index >= 15 is 0 Å². The van der Waals surface area contributed by atoms with Crippen molar-refractivity contribution in [1.29, 1.82) is 0 Å². The van der Waals surface area contributed by atoms with Crippen LogP contribution in [0.4, 0.5) is 4.79 Å². The summed E-state index contributed by atoms with van der Waals surface area (Å²) in [5.74, 6) is 1.61. The third-order valence-electron chi connectivity index (χ3n) is 5.44. The molecule has 2 bridgehead atoms. The van der Waals surface area contributed by atoms with Gasteiger partial charge in [-0.2, -0.15) is 13.5 Å². The lowest BCUT2D eigenvalue weighted by molar-refractivity contribution is -0.0317. The van der Waals surface area contributed by atoms with Crippen molar-refractivity contribution in [3.8, 4) is 0 Å². The van der Waals surface area contributed by atoms with Gasteiger partial charge < -0.3 is 9.42 Å². The van der Waals surface area contributed by atoms with Crippen LogP contribution in [0.25, 0.3) is 0 Å². The lowest BCUT2D eigenvalue weighted by Gasteiger charge is -2.28. The highest BCUT2D eigenvalue weighted by atomic mass is 32.3. The SMILES string of the molecule is O=C1N2C[C@@H](CC[C@H]2c2cc(CCC3CCC3)on2)N1OS(=O)(=O)O. The molecule has 3 aliphatic rings. The topological polar surface area (TPSA) is 113 Å². The van der Waals surface area contributed by atoms with Gasteiger partial charge in [0, 0.05) is 19.0 Å². The minimum atomic E-state index is -4.73. The summed E-state index contributed by atoms with van der Waals surface area (Å²) < 4.78 is 40.5. The number of hydroxylamine groups is 2. The molecular weight excluding hydrogens is 350 g/mol. The lowest BCUT2D eigenvalue weighted by Crippen LogP contribution is -2.35. The van der Waals surface area contributed by atoms with Gasteiger partial charge in [0.2, 0.25) is 0 Å². The Morgan fingerprint density at radius 1 is 1.32 bits per heavy atom. The number of carbonyl (C=O) groups excluding carboxylic acids is 1. The van der Waals surface area contributed by atoms with Crippen LogP contribution >= 0.6 is 0 Å². The molecule has 2 atom stereocenters. The Morgan fingerprint density at radius 3 is 2.80 bits per heavy atom. The number of rotatable bonds is 6. The Kier molecular flexibility index (Phi) is 4.20. The van der Waals surface area contributed by atoms with Gasteiger partial charge in [0.05, 0.1) is 12.1 Å². The van der Waals surface area contributed by atoms with Gasteiger partial charge in [-0.1, -0.05) is 24.4 Å². The number of piperidine rings is 1. The maximum absolute atomic E-state index is 12.4. The monoisotopic (exact) mass is 371 g/mol. The number of aromatic nitrogens is 1. The molecule has 2 saturated heterocycles. The molecule has 25 heavy (non-hydrogen) atoms. The predicted molar refractivity (Wildman–Crippen MR) is 84.5 cm³/mol. The summed E-state index contributed by atoms with van der Waals surface area (Å²) in [5, 5.41) is 4.86. The zero-order valence-electron chi connectivity index (χ0n) is 13.7. The third-order valence-corrected chi connectivity index (χ3v) is 5.79. The summed E-state index contributed by atoms with van der Waals surface area (Å²) in [4.78, 5) is 13.9. The van der Waals surface area contributed by atoms with Crippen LogP contribution in [-0.2, 0) is 21.1 Å². The molecule has 10 heteroatoms. The maximum Gasteiger partial charge on any atom is 0.418 e. The van der Waals surface area contributed by atoms with E-state index in [0.29, 0.717) is 25.1 Å². The molecule has 2 aliphatic heterocycles. The quantitative estimate of drug-likeness (QED) is 0.762. The van der Waals surface area contributed by atoms with Crippen molar-refractivity contribution in [2.75, 3.05) is 6.54 Å². The largest absolute Gasteiger partial charge is 0.418 e. The van der Waals surface area contributed by atoms with Gasteiger partial charge in [-0.15, -0.1) is 4.28 Å². The Morgan fingerprint density at radius 2 is 2.12 bits per heavy atom. The molecule has 138 valence electrons. The number of hydrogen-bond acceptors (Lipinski definition) is 6. The second-order valence-electron chi connectivity index (χ2n) is 7.06. The maximum atomic E-state index is 12.4. The first kappa shape index (κ1) is 16.8. The number of aryl methyl sites for hydroxylation is 1. The summed E-state index contributed by atoms with van der Waals surface area (Å²) in [6.45, 7) is 0.337. The number of carbonyl (C=O) groups is 1. The molecule has 1 aromatic heterocycles. The molecule has 1 aliphatic carbocycles. The van der Waals surface area contributed by atoms with Crippen LogP contribution in [-0.4, -0.2) is 46.7 Å². The van der Waals surface area contributed by atoms with Crippen LogP contribution in [0.5, 0.6) is 0 Å². The molecule has 2 amide bonds. The van der Waals surface area contributed by atoms with Crippen molar-refractivity contribution in [3.05, 3.63) is 17.5 Å². The fourth-order valence-electron chi connectivity index (χ4n) is 3.87. The van der Waals surface area contributed by atoms with Crippen LogP contribution < -0.4 is 0 Å². The highest BCUT2D eigenvalue weighted by Crippen LogP contribution is 2.38. The molecule has 3 heterocycles. The summed E-state index contributed by atoms with van der Waals surface area (Å²) in [5.41, 5.74) is 0.684. The fraction of sp³-hybridized carbons (Fsp3) is 0.733. The van der Waals surface area contributed by atoms with Crippen molar-refractivity contribution < 1.29 is 26.6 Å². The summed E-state index contributed by atoms with van der Waals surface area (Å²) >= 11 is 0. The van der Waals surface area contributed by atoms with E-state index in [2.05, 4.69) is 9.44 Å². The number of nitrogens with zero attached hydrogens (tertiary/aromatic N) is 3. The first-order valence-electron chi connectivity index (χ1n) is 8.63. The van der Waals surface area contributed by atoms with Crippen LogP contribution in [0.2, 0.25) is 0 Å². The van der Waals surface area contributed by atoms with Gasteiger partial charge in [-0.3, -0.25) is 4.55 Å². The summed E-state index contributed by atoms with van der Waals surface area (Å²) in [6.07, 6.45) is 7.03. The van der Waals surface area contributed by atoms with Gasteiger partial charge in [0.25, 0.3) is 0 Å². The molecule has 1 aromatic rings. The van der Waals surface area contributed by atoms with Crippen LogP contribution in [0.3, 0.4) is 0 Å². The Balaban J connectivity index is 1.43. The van der Waals surface area contributed by atoms with E-state index in [9.17, 15) is 13.2 Å². The van der Waals surface area contributed by atoms with Crippen molar-refractivity contribution in [1.82, 2.24) is 15.1 Å². The summed E-state index contributed by atoms with van der Waals surface area (Å²) in [6, 6.07) is 0.656. The number of amides is 2. The Hall–Kier alpha value is -1.65. The molecular formula is C15H21N3O6S. The van der Waals surface area contributed by atoms with Gasteiger partial charge in [-0.05, 0) is 25.2 Å². The van der Waals surface area contributed by atoms with E-state index in [0.717, 1.165) is 29.6 Å². The second kappa shape index (κ2) is 6.26. The van der Waals surface area contributed by atoms with E-state index in [4.69, 9.17) is 9.08 Å². The highest BCUT2D eigenvalue weighted by molar-refractivity contribution is 7.80. The zero-order valence-corrected chi connectivity index (χ0v) is 14.5. The number of hydrogen-bond donors (Lipinski definition) is 1. The molecule has 0 spiro atoms. The number of urea groups is 1. The van der Waals surface area contributed by atoms with E-state index in [1.54, 1.807) is 0 Å². The fourth-order valence-corrected chi connectivity index (χ4v) is 4.26. The molecule has 0 aromatic carbocycles. The number of fused-ring (bicyclic) bond motifs is 2. The Labute approximate surface area is 145 Å². The predicted octanol–water partition coefficient (Wildman–Crippen LogP) is 2.08. The van der Waals surface area contributed by atoms with Crippen LogP contribution in [0.1, 0.15) is 56.0 Å². The average molecular weight is 371 g/mol. The van der Waals surface area contributed by atoms with Crippen LogP contribution in [0.15, 0.2) is 10.6 Å². The zero-order chi connectivity index (χ0) is 17.6. The molecule has 1 saturated carbocycles.